The average Bonchev–Trinajstić information content (AvgIpc) is 2.68. The van der Waals surface area contributed by atoms with Crippen molar-refractivity contribution in [3.63, 3.8) is 0 Å². The fourth-order valence-corrected chi connectivity index (χ4v) is 1.93. The van der Waals surface area contributed by atoms with Crippen molar-refractivity contribution in [2.24, 2.45) is 5.73 Å². The summed E-state index contributed by atoms with van der Waals surface area (Å²) in [6.45, 7) is 0. The minimum Gasteiger partial charge on any atom is -0.327 e. The molecule has 2 rings (SSSR count). The Hall–Kier alpha value is -0.340. The second-order valence-electron chi connectivity index (χ2n) is 3.03. The molecule has 1 aromatic rings. The van der Waals surface area contributed by atoms with Crippen LogP contribution in [0.2, 0.25) is 0 Å². The van der Waals surface area contributed by atoms with Gasteiger partial charge in [0.15, 0.2) is 0 Å². The first-order chi connectivity index (χ1) is 5.29. The Morgan fingerprint density at radius 3 is 2.55 bits per heavy atom. The molecule has 58 valence electrons. The summed E-state index contributed by atoms with van der Waals surface area (Å²) in [5.74, 6) is 0.602. The highest BCUT2D eigenvalue weighted by Gasteiger charge is 2.35. The third kappa shape index (κ3) is 1.33. The van der Waals surface area contributed by atoms with E-state index < -0.39 is 0 Å². The van der Waals surface area contributed by atoms with Gasteiger partial charge in [-0.25, -0.2) is 0 Å². The Morgan fingerprint density at radius 2 is 2.00 bits per heavy atom. The van der Waals surface area contributed by atoms with E-state index in [0.29, 0.717) is 12.0 Å². The van der Waals surface area contributed by atoms with Crippen LogP contribution in [0, 0.1) is 0 Å². The van der Waals surface area contributed by atoms with Crippen molar-refractivity contribution in [2.75, 3.05) is 0 Å². The van der Waals surface area contributed by atoms with E-state index in [1.807, 2.05) is 6.07 Å². The molecule has 0 heterocycles. The minimum atomic E-state index is 0.397. The van der Waals surface area contributed by atoms with Crippen LogP contribution < -0.4 is 5.73 Å². The topological polar surface area (TPSA) is 26.0 Å². The second kappa shape index (κ2) is 2.61. The van der Waals surface area contributed by atoms with Gasteiger partial charge in [0.2, 0.25) is 0 Å². The molecule has 1 nitrogen and oxygen atoms in total. The summed E-state index contributed by atoms with van der Waals surface area (Å²) in [5, 5.41) is 0. The number of rotatable bonds is 1. The van der Waals surface area contributed by atoms with Crippen LogP contribution in [-0.4, -0.2) is 6.04 Å². The van der Waals surface area contributed by atoms with Gasteiger partial charge in [-0.2, -0.15) is 0 Å². The van der Waals surface area contributed by atoms with Gasteiger partial charge in [0.05, 0.1) is 0 Å². The highest BCUT2D eigenvalue weighted by molar-refractivity contribution is 9.10. The molecule has 0 aromatic heterocycles. The number of hydrogen-bond donors (Lipinski definition) is 1. The Labute approximate surface area is 74.7 Å². The SMILES string of the molecule is N[C@@H]1C[C@@H]1c1ccccc1Br. The van der Waals surface area contributed by atoms with Gasteiger partial charge in [0.1, 0.15) is 0 Å². The van der Waals surface area contributed by atoms with Crippen LogP contribution in [-0.2, 0) is 0 Å². The van der Waals surface area contributed by atoms with E-state index in [-0.39, 0.29) is 0 Å². The smallest absolute Gasteiger partial charge is 0.0210 e. The van der Waals surface area contributed by atoms with E-state index in [1.54, 1.807) is 0 Å². The Kier molecular flexibility index (Phi) is 1.74. The third-order valence-electron chi connectivity index (χ3n) is 2.14. The van der Waals surface area contributed by atoms with E-state index in [0.717, 1.165) is 6.42 Å². The fourth-order valence-electron chi connectivity index (χ4n) is 1.35. The minimum absolute atomic E-state index is 0.397. The summed E-state index contributed by atoms with van der Waals surface area (Å²) in [7, 11) is 0. The predicted molar refractivity (Wildman–Crippen MR) is 49.5 cm³/mol. The predicted octanol–water partition coefficient (Wildman–Crippen LogP) is 2.26. The Morgan fingerprint density at radius 1 is 1.36 bits per heavy atom. The van der Waals surface area contributed by atoms with Gasteiger partial charge in [-0.3, -0.25) is 0 Å². The molecule has 0 unspecified atom stereocenters. The van der Waals surface area contributed by atoms with Crippen molar-refractivity contribution in [3.8, 4) is 0 Å². The highest BCUT2D eigenvalue weighted by Crippen LogP contribution is 2.41. The molecular weight excluding hydrogens is 202 g/mol. The molecule has 0 amide bonds. The number of benzene rings is 1. The van der Waals surface area contributed by atoms with Gasteiger partial charge in [0.25, 0.3) is 0 Å². The molecule has 11 heavy (non-hydrogen) atoms. The summed E-state index contributed by atoms with van der Waals surface area (Å²) in [6, 6.07) is 8.70. The number of nitrogens with two attached hydrogens (primary N) is 1. The third-order valence-corrected chi connectivity index (χ3v) is 2.87. The Bertz CT molecular complexity index is 272. The molecule has 0 radical (unpaired) electrons. The molecule has 2 atom stereocenters. The lowest BCUT2D eigenvalue weighted by Gasteiger charge is -2.00. The first kappa shape index (κ1) is 7.32. The van der Waals surface area contributed by atoms with Gasteiger partial charge in [0, 0.05) is 16.4 Å². The monoisotopic (exact) mass is 211 g/mol. The van der Waals surface area contributed by atoms with Crippen LogP contribution in [0.4, 0.5) is 0 Å². The largest absolute Gasteiger partial charge is 0.327 e. The highest BCUT2D eigenvalue weighted by atomic mass is 79.9. The summed E-state index contributed by atoms with van der Waals surface area (Å²) in [4.78, 5) is 0. The quantitative estimate of drug-likeness (QED) is 0.759. The molecule has 1 aromatic carbocycles. The van der Waals surface area contributed by atoms with Crippen LogP contribution in [0.25, 0.3) is 0 Å². The van der Waals surface area contributed by atoms with E-state index in [4.69, 9.17) is 5.73 Å². The van der Waals surface area contributed by atoms with Gasteiger partial charge in [-0.05, 0) is 18.1 Å². The molecular formula is C9H10BrN. The van der Waals surface area contributed by atoms with E-state index in [1.165, 1.54) is 10.0 Å². The molecule has 1 fully saturated rings. The zero-order valence-corrected chi connectivity index (χ0v) is 7.71. The summed E-state index contributed by atoms with van der Waals surface area (Å²) in [6.07, 6.45) is 1.14. The van der Waals surface area contributed by atoms with Crippen molar-refractivity contribution in [1.82, 2.24) is 0 Å². The first-order valence-electron chi connectivity index (χ1n) is 3.79. The maximum Gasteiger partial charge on any atom is 0.0210 e. The summed E-state index contributed by atoms with van der Waals surface area (Å²) >= 11 is 3.51. The molecule has 2 heteroatoms. The van der Waals surface area contributed by atoms with Crippen LogP contribution in [0.1, 0.15) is 17.9 Å². The number of hydrogen-bond acceptors (Lipinski definition) is 1. The van der Waals surface area contributed by atoms with Crippen LogP contribution in [0.3, 0.4) is 0 Å². The van der Waals surface area contributed by atoms with Crippen LogP contribution in [0.5, 0.6) is 0 Å². The van der Waals surface area contributed by atoms with Gasteiger partial charge < -0.3 is 5.73 Å². The van der Waals surface area contributed by atoms with Crippen molar-refractivity contribution >= 4 is 15.9 Å². The van der Waals surface area contributed by atoms with E-state index in [2.05, 4.69) is 34.1 Å². The van der Waals surface area contributed by atoms with Crippen molar-refractivity contribution in [3.05, 3.63) is 34.3 Å². The van der Waals surface area contributed by atoms with E-state index in [9.17, 15) is 0 Å². The molecule has 0 bridgehead atoms. The summed E-state index contributed by atoms with van der Waals surface area (Å²) < 4.78 is 1.19. The van der Waals surface area contributed by atoms with Crippen molar-refractivity contribution in [2.45, 2.75) is 18.4 Å². The van der Waals surface area contributed by atoms with Crippen molar-refractivity contribution in [1.29, 1.82) is 0 Å². The maximum atomic E-state index is 5.75. The molecule has 0 saturated heterocycles. The molecule has 1 saturated carbocycles. The van der Waals surface area contributed by atoms with Gasteiger partial charge in [-0.1, -0.05) is 34.1 Å². The summed E-state index contributed by atoms with van der Waals surface area (Å²) in [5.41, 5.74) is 7.11. The van der Waals surface area contributed by atoms with Crippen molar-refractivity contribution < 1.29 is 0 Å². The second-order valence-corrected chi connectivity index (χ2v) is 3.88. The van der Waals surface area contributed by atoms with Gasteiger partial charge in [-0.15, -0.1) is 0 Å². The van der Waals surface area contributed by atoms with Crippen LogP contribution >= 0.6 is 15.9 Å². The molecule has 1 aliphatic carbocycles. The zero-order valence-electron chi connectivity index (χ0n) is 6.13. The fraction of sp³-hybridized carbons (Fsp3) is 0.333. The maximum absolute atomic E-state index is 5.75. The molecule has 0 aliphatic heterocycles. The lowest BCUT2D eigenvalue weighted by Crippen LogP contribution is -2.01. The van der Waals surface area contributed by atoms with E-state index >= 15 is 0 Å². The lowest BCUT2D eigenvalue weighted by molar-refractivity contribution is 0.986. The lowest BCUT2D eigenvalue weighted by atomic mass is 10.1. The Balaban J connectivity index is 2.31. The average molecular weight is 212 g/mol. The molecule has 2 N–H and O–H groups in total. The number of halogens is 1. The van der Waals surface area contributed by atoms with Crippen LogP contribution in [0.15, 0.2) is 28.7 Å². The molecule has 0 spiro atoms. The molecule has 1 aliphatic rings. The standard InChI is InChI=1S/C9H10BrN/c10-8-4-2-1-3-6(8)7-5-9(7)11/h1-4,7,9H,5,11H2/t7-,9-/m1/s1. The normalized spacial score (nSPS) is 28.5. The van der Waals surface area contributed by atoms with Gasteiger partial charge >= 0.3 is 0 Å². The first-order valence-corrected chi connectivity index (χ1v) is 4.58. The zero-order chi connectivity index (χ0) is 7.84.